The Balaban J connectivity index is 1.21. The van der Waals surface area contributed by atoms with Crippen LogP contribution in [0.2, 0.25) is 0 Å². The smallest absolute Gasteiger partial charge is 0.136 e. The molecule has 0 aliphatic rings. The third-order valence-corrected chi connectivity index (χ3v) is 10.2. The molecule has 0 amide bonds. The Hall–Kier alpha value is -6.70. The van der Waals surface area contributed by atoms with Crippen molar-refractivity contribution in [3.63, 3.8) is 0 Å². The van der Waals surface area contributed by atoms with Gasteiger partial charge in [-0.05, 0) is 124 Å². The molecule has 0 aliphatic carbocycles. The second kappa shape index (κ2) is 10.9. The molecule has 1 aromatic heterocycles. The number of benzene rings is 10. The molecule has 0 fully saturated rings. The van der Waals surface area contributed by atoms with Crippen molar-refractivity contribution in [2.75, 3.05) is 0 Å². The lowest BCUT2D eigenvalue weighted by Gasteiger charge is -2.18. The van der Waals surface area contributed by atoms with Crippen LogP contribution in [0.15, 0.2) is 186 Å². The van der Waals surface area contributed by atoms with E-state index in [0.29, 0.717) is 22.3 Å². The van der Waals surface area contributed by atoms with Crippen LogP contribution in [0.4, 0.5) is 0 Å². The number of hydrogen-bond acceptors (Lipinski definition) is 1. The number of hydrogen-bond donors (Lipinski definition) is 0. The van der Waals surface area contributed by atoms with Gasteiger partial charge in [-0.25, -0.2) is 0 Å². The van der Waals surface area contributed by atoms with Crippen molar-refractivity contribution in [2.45, 2.75) is 0 Å². The Morgan fingerprint density at radius 1 is 0.333 bits per heavy atom. The topological polar surface area (TPSA) is 13.1 Å². The highest BCUT2D eigenvalue weighted by Crippen LogP contribution is 2.45. The van der Waals surface area contributed by atoms with E-state index in [9.17, 15) is 5.48 Å². The minimum atomic E-state index is -0.425. The van der Waals surface area contributed by atoms with Gasteiger partial charge in [0.15, 0.2) is 0 Å². The molecule has 0 unspecified atom stereocenters. The number of fused-ring (bicyclic) bond motifs is 9. The van der Waals surface area contributed by atoms with Gasteiger partial charge in [0, 0.05) is 10.8 Å². The summed E-state index contributed by atoms with van der Waals surface area (Å²) in [6.07, 6.45) is 0. The van der Waals surface area contributed by atoms with Crippen LogP contribution in [0.25, 0.3) is 109 Å². The SMILES string of the molecule is [2H]c1c([2H])c([2H])c2c(-c3ccc4ccc(-c5ccc6oc7ccc8ccccc8c7c6c5)cc4c3)c3c([2H])c([2H])c([2H])c([2H])c3c(-c3ccc4ccccc4c3)c2c1[2H]. The van der Waals surface area contributed by atoms with Crippen LogP contribution >= 0.6 is 0 Å². The Kier molecular flexibility index (Phi) is 4.57. The second-order valence-electron chi connectivity index (χ2n) is 13.1. The van der Waals surface area contributed by atoms with Crippen molar-refractivity contribution in [3.8, 4) is 33.4 Å². The van der Waals surface area contributed by atoms with Crippen LogP contribution in [0.3, 0.4) is 0 Å². The molecule has 1 heteroatoms. The second-order valence-corrected chi connectivity index (χ2v) is 13.1. The Morgan fingerprint density at radius 2 is 0.804 bits per heavy atom. The van der Waals surface area contributed by atoms with E-state index in [-0.39, 0.29) is 45.7 Å². The zero-order valence-electron chi connectivity index (χ0n) is 35.1. The van der Waals surface area contributed by atoms with Gasteiger partial charge in [-0.2, -0.15) is 0 Å². The molecular formula is C50H30O. The van der Waals surface area contributed by atoms with Crippen LogP contribution in [-0.2, 0) is 0 Å². The van der Waals surface area contributed by atoms with Crippen molar-refractivity contribution in [3.05, 3.63) is 182 Å². The van der Waals surface area contributed by atoms with Crippen LogP contribution in [0, 0.1) is 0 Å². The summed E-state index contributed by atoms with van der Waals surface area (Å²) in [5.41, 5.74) is 5.36. The van der Waals surface area contributed by atoms with Gasteiger partial charge in [0.25, 0.3) is 0 Å². The molecule has 0 aliphatic heterocycles. The fourth-order valence-corrected chi connectivity index (χ4v) is 7.86. The van der Waals surface area contributed by atoms with Crippen molar-refractivity contribution in [1.82, 2.24) is 0 Å². The first-order valence-electron chi connectivity index (χ1n) is 20.9. The van der Waals surface area contributed by atoms with Gasteiger partial charge in [0.05, 0.1) is 11.0 Å². The molecule has 0 bridgehead atoms. The molecule has 0 saturated heterocycles. The molecule has 11 rings (SSSR count). The van der Waals surface area contributed by atoms with E-state index in [1.165, 1.54) is 0 Å². The van der Waals surface area contributed by atoms with E-state index in [2.05, 4.69) is 36.4 Å². The summed E-state index contributed by atoms with van der Waals surface area (Å²) >= 11 is 0. The minimum absolute atomic E-state index is 0.191. The van der Waals surface area contributed by atoms with Crippen molar-refractivity contribution in [1.29, 1.82) is 0 Å². The zero-order chi connectivity index (χ0) is 40.4. The molecule has 1 heterocycles. The number of rotatable bonds is 3. The van der Waals surface area contributed by atoms with Gasteiger partial charge in [-0.15, -0.1) is 0 Å². The fraction of sp³-hybridized carbons (Fsp3) is 0. The van der Waals surface area contributed by atoms with Crippen molar-refractivity contribution in [2.24, 2.45) is 0 Å². The molecule has 0 radical (unpaired) electrons. The Morgan fingerprint density at radius 3 is 1.49 bits per heavy atom. The summed E-state index contributed by atoms with van der Waals surface area (Å²) in [4.78, 5) is 0. The molecule has 0 atom stereocenters. The van der Waals surface area contributed by atoms with E-state index in [1.807, 2.05) is 97.1 Å². The van der Waals surface area contributed by atoms with E-state index >= 15 is 0 Å². The maximum Gasteiger partial charge on any atom is 0.136 e. The predicted octanol–water partition coefficient (Wildman–Crippen LogP) is 14.4. The lowest BCUT2D eigenvalue weighted by molar-refractivity contribution is 0.669. The van der Waals surface area contributed by atoms with Gasteiger partial charge >= 0.3 is 0 Å². The first-order valence-corrected chi connectivity index (χ1v) is 16.9. The summed E-state index contributed by atoms with van der Waals surface area (Å²) in [6, 6.07) is 41.1. The molecule has 11 aromatic rings. The van der Waals surface area contributed by atoms with Crippen LogP contribution < -0.4 is 0 Å². The van der Waals surface area contributed by atoms with Crippen LogP contribution in [0.5, 0.6) is 0 Å². The third-order valence-electron chi connectivity index (χ3n) is 10.2. The fourth-order valence-electron chi connectivity index (χ4n) is 7.86. The summed E-state index contributed by atoms with van der Waals surface area (Å²) in [7, 11) is 0. The standard InChI is InChI=1S/C50H30O/c1-2-11-34-27-37(21-18-31(34)9-1)48-41-13-5-7-15-43(41)49(44-16-8-6-14-42(44)48)38-22-19-32-17-20-35(28-39(32)29-38)36-24-25-46-45(30-36)50-40-12-4-3-10-33(40)23-26-47(50)51-46/h1-30H/i5D,6D,7D,8D,13D,14D,15D,16D. The average molecular weight is 655 g/mol. The lowest BCUT2D eigenvalue weighted by atomic mass is 9.85. The van der Waals surface area contributed by atoms with E-state index in [1.54, 1.807) is 0 Å². The van der Waals surface area contributed by atoms with E-state index < -0.39 is 24.2 Å². The highest BCUT2D eigenvalue weighted by molar-refractivity contribution is 6.22. The van der Waals surface area contributed by atoms with Gasteiger partial charge in [-0.3, -0.25) is 0 Å². The quantitative estimate of drug-likeness (QED) is 0.173. The largest absolute Gasteiger partial charge is 0.456 e. The van der Waals surface area contributed by atoms with Crippen molar-refractivity contribution < 1.29 is 15.4 Å². The normalized spacial score (nSPS) is 14.1. The Labute approximate surface area is 305 Å². The molecular weight excluding hydrogens is 617 g/mol. The third kappa shape index (κ3) is 4.35. The van der Waals surface area contributed by atoms with Crippen LogP contribution in [0.1, 0.15) is 11.0 Å². The molecule has 10 aromatic carbocycles. The Bertz CT molecular complexity index is 3580. The highest BCUT2D eigenvalue weighted by atomic mass is 16.3. The molecule has 51 heavy (non-hydrogen) atoms. The minimum Gasteiger partial charge on any atom is -0.456 e. The van der Waals surface area contributed by atoms with Gasteiger partial charge in [0.2, 0.25) is 0 Å². The van der Waals surface area contributed by atoms with Gasteiger partial charge in [0.1, 0.15) is 11.2 Å². The summed E-state index contributed by atoms with van der Waals surface area (Å²) in [5, 5.41) is 8.72. The summed E-state index contributed by atoms with van der Waals surface area (Å²) < 4.78 is 79.0. The molecule has 236 valence electrons. The molecule has 1 nitrogen and oxygen atoms in total. The number of furan rings is 1. The zero-order valence-corrected chi connectivity index (χ0v) is 27.1. The first kappa shape index (κ1) is 21.4. The first-order chi connectivity index (χ1) is 28.6. The molecule has 0 saturated carbocycles. The average Bonchev–Trinajstić information content (AvgIpc) is 3.66. The van der Waals surface area contributed by atoms with E-state index in [0.717, 1.165) is 65.4 Å². The maximum absolute atomic E-state index is 9.38. The van der Waals surface area contributed by atoms with E-state index in [4.69, 9.17) is 9.90 Å². The predicted molar refractivity (Wildman–Crippen MR) is 218 cm³/mol. The van der Waals surface area contributed by atoms with Crippen molar-refractivity contribution >= 4 is 75.8 Å². The van der Waals surface area contributed by atoms with Gasteiger partial charge < -0.3 is 4.42 Å². The highest BCUT2D eigenvalue weighted by Gasteiger charge is 2.17. The lowest BCUT2D eigenvalue weighted by Crippen LogP contribution is -1.91. The molecule has 0 N–H and O–H groups in total. The van der Waals surface area contributed by atoms with Crippen LogP contribution in [-0.4, -0.2) is 0 Å². The van der Waals surface area contributed by atoms with Gasteiger partial charge in [-0.1, -0.05) is 145 Å². The summed E-state index contributed by atoms with van der Waals surface area (Å²) in [5.74, 6) is 0. The summed E-state index contributed by atoms with van der Waals surface area (Å²) in [6.45, 7) is 0. The maximum atomic E-state index is 9.38. The molecule has 0 spiro atoms. The monoisotopic (exact) mass is 654 g/mol.